The number of aryl methyl sites for hydroxylation is 2. The number of amides is 1. The maximum Gasteiger partial charge on any atom is 0.338 e. The Bertz CT molecular complexity index is 1120. The first-order chi connectivity index (χ1) is 19.3. The monoisotopic (exact) mass is 584 g/mol. The molecule has 0 unspecified atom stereocenters. The summed E-state index contributed by atoms with van der Waals surface area (Å²) in [6.45, 7) is 18.8. The molecular weight excluding hydrogens is 532 g/mol. The Morgan fingerprint density at radius 3 is 2.49 bits per heavy atom. The maximum absolute atomic E-state index is 13.4. The minimum atomic E-state index is -1.97. The van der Waals surface area contributed by atoms with E-state index in [-0.39, 0.29) is 35.7 Å². The summed E-state index contributed by atoms with van der Waals surface area (Å²) in [6.07, 6.45) is 10.9. The van der Waals surface area contributed by atoms with E-state index in [9.17, 15) is 9.59 Å². The van der Waals surface area contributed by atoms with Crippen LogP contribution in [0.5, 0.6) is 0 Å². The molecular formula is C33H52N2O5Si. The number of fused-ring (bicyclic) bond motifs is 1. The molecule has 0 radical (unpaired) electrons. The van der Waals surface area contributed by atoms with Gasteiger partial charge in [-0.25, -0.2) is 4.79 Å². The molecule has 1 amide bonds. The first-order valence-corrected chi connectivity index (χ1v) is 18.3. The van der Waals surface area contributed by atoms with Gasteiger partial charge in [-0.3, -0.25) is 4.79 Å². The second-order valence-corrected chi connectivity index (χ2v) is 18.1. The molecule has 0 bridgehead atoms. The molecule has 2 aliphatic heterocycles. The highest BCUT2D eigenvalue weighted by Crippen LogP contribution is 2.38. The third-order valence-electron chi connectivity index (χ3n) is 8.64. The van der Waals surface area contributed by atoms with Crippen molar-refractivity contribution in [2.45, 2.75) is 123 Å². The van der Waals surface area contributed by atoms with Gasteiger partial charge in [0.1, 0.15) is 0 Å². The number of cyclic esters (lactones) is 1. The second-order valence-electron chi connectivity index (χ2n) is 13.4. The molecule has 0 aromatic heterocycles. The lowest BCUT2D eigenvalue weighted by Gasteiger charge is -2.39. The third-order valence-corrected chi connectivity index (χ3v) is 13.2. The van der Waals surface area contributed by atoms with Crippen molar-refractivity contribution in [1.29, 1.82) is 0 Å². The van der Waals surface area contributed by atoms with Gasteiger partial charge in [0.05, 0.1) is 17.4 Å². The summed E-state index contributed by atoms with van der Waals surface area (Å²) in [7, 11) is -1.97. The van der Waals surface area contributed by atoms with Crippen molar-refractivity contribution in [2.24, 2.45) is 5.16 Å². The number of oxime groups is 1. The van der Waals surface area contributed by atoms with Gasteiger partial charge in [0.2, 0.25) is 0 Å². The van der Waals surface area contributed by atoms with Crippen LogP contribution in [0.25, 0.3) is 0 Å². The molecule has 2 heterocycles. The van der Waals surface area contributed by atoms with Crippen molar-refractivity contribution < 1.29 is 23.6 Å². The van der Waals surface area contributed by atoms with Crippen LogP contribution < -0.4 is 0 Å². The van der Waals surface area contributed by atoms with Gasteiger partial charge in [0, 0.05) is 25.6 Å². The predicted molar refractivity (Wildman–Crippen MR) is 168 cm³/mol. The maximum atomic E-state index is 13.4. The Morgan fingerprint density at radius 1 is 1.10 bits per heavy atom. The molecule has 1 saturated heterocycles. The Kier molecular flexibility index (Phi) is 11.8. The van der Waals surface area contributed by atoms with Crippen molar-refractivity contribution in [3.8, 4) is 0 Å². The Labute approximate surface area is 248 Å². The van der Waals surface area contributed by atoms with E-state index < -0.39 is 8.32 Å². The largest absolute Gasteiger partial charge is 0.459 e. The Morgan fingerprint density at radius 2 is 1.80 bits per heavy atom. The third kappa shape index (κ3) is 9.81. The molecule has 41 heavy (non-hydrogen) atoms. The molecule has 228 valence electrons. The van der Waals surface area contributed by atoms with Gasteiger partial charge in [-0.05, 0) is 101 Å². The normalized spacial score (nSPS) is 23.4. The molecule has 3 rings (SSSR count). The van der Waals surface area contributed by atoms with Crippen LogP contribution in [-0.4, -0.2) is 62.7 Å². The number of rotatable bonds is 5. The van der Waals surface area contributed by atoms with Crippen molar-refractivity contribution >= 4 is 25.9 Å². The Balaban J connectivity index is 1.90. The van der Waals surface area contributed by atoms with Crippen LogP contribution >= 0.6 is 0 Å². The fourth-order valence-electron chi connectivity index (χ4n) is 5.32. The van der Waals surface area contributed by atoms with E-state index in [1.54, 1.807) is 0 Å². The molecule has 1 aromatic carbocycles. The molecule has 0 aliphatic carbocycles. The van der Waals surface area contributed by atoms with Gasteiger partial charge >= 0.3 is 5.97 Å². The van der Waals surface area contributed by atoms with E-state index in [1.165, 1.54) is 0 Å². The molecule has 1 aromatic rings. The minimum absolute atomic E-state index is 0.0357. The van der Waals surface area contributed by atoms with Crippen LogP contribution in [0.3, 0.4) is 0 Å². The molecule has 0 saturated carbocycles. The van der Waals surface area contributed by atoms with E-state index in [0.717, 1.165) is 74.7 Å². The molecule has 1 fully saturated rings. The average Bonchev–Trinajstić information content (AvgIpc) is 2.87. The zero-order valence-corrected chi connectivity index (χ0v) is 27.7. The van der Waals surface area contributed by atoms with Gasteiger partial charge in [-0.1, -0.05) is 49.7 Å². The highest BCUT2D eigenvalue weighted by molar-refractivity contribution is 6.74. The van der Waals surface area contributed by atoms with Crippen LogP contribution in [-0.2, 0) is 25.2 Å². The summed E-state index contributed by atoms with van der Waals surface area (Å²) < 4.78 is 12.8. The number of carbonyl (C=O) groups is 2. The van der Waals surface area contributed by atoms with E-state index >= 15 is 0 Å². The van der Waals surface area contributed by atoms with Crippen molar-refractivity contribution in [1.82, 2.24) is 4.90 Å². The predicted octanol–water partition coefficient (Wildman–Crippen LogP) is 7.30. The second kappa shape index (κ2) is 14.6. The number of benzene rings is 1. The SMILES string of the molecule is Cc1cc(C)c2c(c1)CC(=NOCC(=O)N1CCCCC1)/C=C/C[C@@H](O[Si](C)(C)C(C)(C)C)CCC[C@@H](C)OC2=O. The lowest BCUT2D eigenvalue weighted by molar-refractivity contribution is -0.137. The van der Waals surface area contributed by atoms with Crippen LogP contribution in [0.2, 0.25) is 18.1 Å². The number of hydrogen-bond acceptors (Lipinski definition) is 6. The van der Waals surface area contributed by atoms with Gasteiger partial charge in [-0.15, -0.1) is 0 Å². The molecule has 0 spiro atoms. The van der Waals surface area contributed by atoms with Gasteiger partial charge in [-0.2, -0.15) is 0 Å². The fraction of sp³-hybridized carbons (Fsp3) is 0.667. The first-order valence-electron chi connectivity index (χ1n) is 15.4. The molecule has 8 heteroatoms. The summed E-state index contributed by atoms with van der Waals surface area (Å²) in [6, 6.07) is 4.03. The summed E-state index contributed by atoms with van der Waals surface area (Å²) in [5.74, 6) is -0.341. The van der Waals surface area contributed by atoms with Crippen LogP contribution in [0, 0.1) is 13.8 Å². The van der Waals surface area contributed by atoms with Gasteiger partial charge < -0.3 is 18.9 Å². The number of ether oxygens (including phenoxy) is 1. The molecule has 0 N–H and O–H groups in total. The van der Waals surface area contributed by atoms with Crippen LogP contribution in [0.15, 0.2) is 29.4 Å². The zero-order chi connectivity index (χ0) is 30.2. The quantitative estimate of drug-likeness (QED) is 0.206. The Hall–Kier alpha value is -2.45. The molecule has 2 aliphatic rings. The topological polar surface area (TPSA) is 77.4 Å². The molecule has 7 nitrogen and oxygen atoms in total. The number of esters is 1. The van der Waals surface area contributed by atoms with Crippen LogP contribution in [0.4, 0.5) is 0 Å². The average molecular weight is 585 g/mol. The smallest absolute Gasteiger partial charge is 0.338 e. The molecule has 2 atom stereocenters. The number of nitrogens with zero attached hydrogens (tertiary/aromatic N) is 2. The lowest BCUT2D eigenvalue weighted by Crippen LogP contribution is -2.43. The van der Waals surface area contributed by atoms with E-state index in [1.807, 2.05) is 43.9 Å². The number of allylic oxidation sites excluding steroid dienone is 1. The lowest BCUT2D eigenvalue weighted by atomic mass is 9.94. The zero-order valence-electron chi connectivity index (χ0n) is 26.7. The number of carbonyl (C=O) groups excluding carboxylic acids is 2. The van der Waals surface area contributed by atoms with E-state index in [0.29, 0.717) is 17.7 Å². The summed E-state index contributed by atoms with van der Waals surface area (Å²) >= 11 is 0. The van der Waals surface area contributed by atoms with E-state index in [4.69, 9.17) is 14.0 Å². The fourth-order valence-corrected chi connectivity index (χ4v) is 6.72. The minimum Gasteiger partial charge on any atom is -0.459 e. The van der Waals surface area contributed by atoms with E-state index in [2.05, 4.69) is 45.1 Å². The summed E-state index contributed by atoms with van der Waals surface area (Å²) in [4.78, 5) is 33.5. The summed E-state index contributed by atoms with van der Waals surface area (Å²) in [5.41, 5.74) is 4.04. The highest BCUT2D eigenvalue weighted by atomic mass is 28.4. The number of hydrogen-bond donors (Lipinski definition) is 0. The summed E-state index contributed by atoms with van der Waals surface area (Å²) in [5, 5.41) is 4.53. The van der Waals surface area contributed by atoms with Crippen molar-refractivity contribution in [3.05, 3.63) is 46.5 Å². The first kappa shape index (κ1) is 33.1. The van der Waals surface area contributed by atoms with Crippen molar-refractivity contribution in [3.63, 3.8) is 0 Å². The van der Waals surface area contributed by atoms with Gasteiger partial charge in [0.25, 0.3) is 5.91 Å². The number of likely N-dealkylation sites (tertiary alicyclic amines) is 1. The highest BCUT2D eigenvalue weighted by Gasteiger charge is 2.39. The van der Waals surface area contributed by atoms with Crippen LogP contribution in [0.1, 0.15) is 99.7 Å². The van der Waals surface area contributed by atoms with Crippen molar-refractivity contribution in [2.75, 3.05) is 19.7 Å². The number of piperidine rings is 1. The van der Waals surface area contributed by atoms with Gasteiger partial charge in [0.15, 0.2) is 14.9 Å². The standard InChI is InChI=1S/C33H52N2O5Si/c1-24-20-25(2)31-27(21-24)22-28(34-38-23-30(36)35-18-10-9-11-19-35)15-13-17-29(40-41(7,8)33(4,5)6)16-12-14-26(3)39-32(31)37/h13,15,20-21,26,29H,9-12,14,16-19,22-23H2,1-8H3/b15-13+,34-28?/t26-,29+/m1/s1.